The van der Waals surface area contributed by atoms with Crippen LogP contribution in [-0.2, 0) is 0 Å². The first-order valence-electron chi connectivity index (χ1n) is 5.28. The molecule has 8 heteroatoms. The Labute approximate surface area is 118 Å². The molecule has 0 bridgehead atoms. The Hall–Kier alpha value is -2.09. The summed E-state index contributed by atoms with van der Waals surface area (Å²) in [6.45, 7) is 0. The molecule has 0 aliphatic heterocycles. The van der Waals surface area contributed by atoms with Crippen LogP contribution in [0.1, 0.15) is 0 Å². The van der Waals surface area contributed by atoms with Crippen LogP contribution in [0.25, 0.3) is 0 Å². The molecule has 0 fully saturated rings. The molecule has 0 spiro atoms. The van der Waals surface area contributed by atoms with Gasteiger partial charge in [0.25, 0.3) is 0 Å². The van der Waals surface area contributed by atoms with Crippen molar-refractivity contribution in [2.24, 2.45) is 0 Å². The van der Waals surface area contributed by atoms with Crippen LogP contribution in [0.3, 0.4) is 0 Å². The summed E-state index contributed by atoms with van der Waals surface area (Å²) < 4.78 is 10.9. The maximum Gasteiger partial charge on any atom is 0.322 e. The highest BCUT2D eigenvalue weighted by atomic mass is 79.9. The fourth-order valence-electron chi connectivity index (χ4n) is 1.39. The van der Waals surface area contributed by atoms with E-state index in [1.165, 1.54) is 7.11 Å². The van der Waals surface area contributed by atoms with E-state index in [2.05, 4.69) is 36.2 Å². The minimum atomic E-state index is 0.0851. The standard InChI is InChI=1S/C11H12BrN5O2/c1-18-8-4-3-6(5-7(8)12)14-10-15-9(13)16-11(17-10)19-2/h3-5H,1-2H3,(H3,13,14,15,16,17). The first kappa shape index (κ1) is 13.3. The molecular weight excluding hydrogens is 314 g/mol. The van der Waals surface area contributed by atoms with E-state index in [-0.39, 0.29) is 12.0 Å². The second kappa shape index (κ2) is 5.70. The Kier molecular flexibility index (Phi) is 4.00. The molecule has 19 heavy (non-hydrogen) atoms. The zero-order chi connectivity index (χ0) is 13.8. The highest BCUT2D eigenvalue weighted by Crippen LogP contribution is 2.28. The number of aromatic nitrogens is 3. The molecule has 1 aromatic heterocycles. The van der Waals surface area contributed by atoms with E-state index in [9.17, 15) is 0 Å². The van der Waals surface area contributed by atoms with Gasteiger partial charge in [0.1, 0.15) is 5.75 Å². The topological polar surface area (TPSA) is 95.2 Å². The number of halogens is 1. The van der Waals surface area contributed by atoms with Crippen molar-refractivity contribution in [3.63, 3.8) is 0 Å². The summed E-state index contributed by atoms with van der Waals surface area (Å²) in [4.78, 5) is 11.8. The third-order valence-corrected chi connectivity index (χ3v) is 2.84. The van der Waals surface area contributed by atoms with Gasteiger partial charge in [-0.15, -0.1) is 0 Å². The van der Waals surface area contributed by atoms with Gasteiger partial charge in [0.15, 0.2) is 0 Å². The molecule has 0 radical (unpaired) electrons. The number of nitrogens with two attached hydrogens (primary N) is 1. The average molecular weight is 326 g/mol. The first-order chi connectivity index (χ1) is 9.12. The second-order valence-electron chi connectivity index (χ2n) is 3.48. The van der Waals surface area contributed by atoms with Crippen LogP contribution >= 0.6 is 15.9 Å². The Balaban J connectivity index is 2.25. The molecule has 2 rings (SSSR count). The molecule has 2 aromatic rings. The molecule has 7 nitrogen and oxygen atoms in total. The highest BCUT2D eigenvalue weighted by molar-refractivity contribution is 9.10. The molecule has 1 aromatic carbocycles. The van der Waals surface area contributed by atoms with Crippen LogP contribution in [0.15, 0.2) is 22.7 Å². The summed E-state index contributed by atoms with van der Waals surface area (Å²) in [7, 11) is 3.06. The summed E-state index contributed by atoms with van der Waals surface area (Å²) in [6, 6.07) is 5.64. The number of methoxy groups -OCH3 is 2. The summed E-state index contributed by atoms with van der Waals surface area (Å²) in [5, 5.41) is 3.00. The molecule has 0 saturated heterocycles. The van der Waals surface area contributed by atoms with E-state index in [0.717, 1.165) is 15.9 Å². The lowest BCUT2D eigenvalue weighted by atomic mass is 10.3. The SMILES string of the molecule is COc1nc(N)nc(Nc2ccc(OC)c(Br)c2)n1. The number of hydrogen-bond donors (Lipinski definition) is 2. The zero-order valence-electron chi connectivity index (χ0n) is 10.3. The highest BCUT2D eigenvalue weighted by Gasteiger charge is 2.06. The predicted molar refractivity (Wildman–Crippen MR) is 74.8 cm³/mol. The van der Waals surface area contributed by atoms with E-state index in [1.807, 2.05) is 18.2 Å². The van der Waals surface area contributed by atoms with Gasteiger partial charge in [-0.1, -0.05) is 0 Å². The van der Waals surface area contributed by atoms with Gasteiger partial charge in [0, 0.05) is 5.69 Å². The summed E-state index contributed by atoms with van der Waals surface area (Å²) in [5.74, 6) is 1.13. The molecule has 100 valence electrons. The number of ether oxygens (including phenoxy) is 2. The van der Waals surface area contributed by atoms with E-state index >= 15 is 0 Å². The third kappa shape index (κ3) is 3.22. The molecule has 0 amide bonds. The van der Waals surface area contributed by atoms with E-state index in [1.54, 1.807) is 7.11 Å². The quantitative estimate of drug-likeness (QED) is 0.887. The minimum Gasteiger partial charge on any atom is -0.496 e. The molecule has 0 unspecified atom stereocenters. The largest absolute Gasteiger partial charge is 0.496 e. The average Bonchev–Trinajstić information content (AvgIpc) is 2.38. The number of rotatable bonds is 4. The summed E-state index contributed by atoms with van der Waals surface area (Å²) >= 11 is 3.40. The number of benzene rings is 1. The Morgan fingerprint density at radius 2 is 1.95 bits per heavy atom. The van der Waals surface area contributed by atoms with Crippen molar-refractivity contribution in [1.29, 1.82) is 0 Å². The first-order valence-corrected chi connectivity index (χ1v) is 6.08. The number of nitrogens with one attached hydrogen (secondary N) is 1. The Morgan fingerprint density at radius 3 is 2.58 bits per heavy atom. The van der Waals surface area contributed by atoms with Gasteiger partial charge in [-0.2, -0.15) is 15.0 Å². The normalized spacial score (nSPS) is 10.1. The lowest BCUT2D eigenvalue weighted by molar-refractivity contribution is 0.380. The molecule has 3 N–H and O–H groups in total. The van der Waals surface area contributed by atoms with Crippen molar-refractivity contribution in [2.45, 2.75) is 0 Å². The third-order valence-electron chi connectivity index (χ3n) is 2.22. The number of nitrogens with zero attached hydrogens (tertiary/aromatic N) is 3. The smallest absolute Gasteiger partial charge is 0.322 e. The number of hydrogen-bond acceptors (Lipinski definition) is 7. The summed E-state index contributed by atoms with van der Waals surface area (Å²) in [5.41, 5.74) is 6.33. The van der Waals surface area contributed by atoms with Crippen LogP contribution in [0.4, 0.5) is 17.6 Å². The van der Waals surface area contributed by atoms with Gasteiger partial charge in [-0.3, -0.25) is 0 Å². The van der Waals surface area contributed by atoms with Gasteiger partial charge in [-0.05, 0) is 34.1 Å². The lowest BCUT2D eigenvalue weighted by Gasteiger charge is -2.08. The maximum atomic E-state index is 5.55. The van der Waals surface area contributed by atoms with Crippen molar-refractivity contribution in [3.05, 3.63) is 22.7 Å². The van der Waals surface area contributed by atoms with E-state index in [0.29, 0.717) is 5.95 Å². The molecule has 0 aliphatic rings. The van der Waals surface area contributed by atoms with Crippen molar-refractivity contribution in [2.75, 3.05) is 25.3 Å². The van der Waals surface area contributed by atoms with Crippen LogP contribution in [0.5, 0.6) is 11.8 Å². The van der Waals surface area contributed by atoms with Gasteiger partial charge in [0.05, 0.1) is 18.7 Å². The van der Waals surface area contributed by atoms with E-state index < -0.39 is 0 Å². The van der Waals surface area contributed by atoms with E-state index in [4.69, 9.17) is 15.2 Å². The Bertz CT molecular complexity index is 593. The molecule has 0 atom stereocenters. The van der Waals surface area contributed by atoms with Crippen molar-refractivity contribution >= 4 is 33.5 Å². The fourth-order valence-corrected chi connectivity index (χ4v) is 1.93. The van der Waals surface area contributed by atoms with Crippen molar-refractivity contribution < 1.29 is 9.47 Å². The molecule has 0 aliphatic carbocycles. The fraction of sp³-hybridized carbons (Fsp3) is 0.182. The predicted octanol–water partition coefficient (Wildman–Crippen LogP) is 1.98. The van der Waals surface area contributed by atoms with Crippen molar-refractivity contribution in [3.8, 4) is 11.8 Å². The Morgan fingerprint density at radius 1 is 1.16 bits per heavy atom. The monoisotopic (exact) mass is 325 g/mol. The zero-order valence-corrected chi connectivity index (χ0v) is 11.9. The van der Waals surface area contributed by atoms with Crippen LogP contribution in [-0.4, -0.2) is 29.2 Å². The van der Waals surface area contributed by atoms with Gasteiger partial charge < -0.3 is 20.5 Å². The maximum absolute atomic E-state index is 5.55. The molecule has 0 saturated carbocycles. The van der Waals surface area contributed by atoms with Gasteiger partial charge in [0.2, 0.25) is 11.9 Å². The molecular formula is C11H12BrN5O2. The molecule has 1 heterocycles. The van der Waals surface area contributed by atoms with Crippen LogP contribution in [0.2, 0.25) is 0 Å². The minimum absolute atomic E-state index is 0.0851. The lowest BCUT2D eigenvalue weighted by Crippen LogP contribution is -2.05. The number of nitrogen functional groups attached to an aromatic ring is 1. The second-order valence-corrected chi connectivity index (χ2v) is 4.33. The van der Waals surface area contributed by atoms with Gasteiger partial charge >= 0.3 is 6.01 Å². The van der Waals surface area contributed by atoms with Gasteiger partial charge in [-0.25, -0.2) is 0 Å². The van der Waals surface area contributed by atoms with Crippen LogP contribution in [0, 0.1) is 0 Å². The van der Waals surface area contributed by atoms with Crippen LogP contribution < -0.4 is 20.5 Å². The van der Waals surface area contributed by atoms with Crippen molar-refractivity contribution in [1.82, 2.24) is 15.0 Å². The number of anilines is 3. The summed E-state index contributed by atoms with van der Waals surface area (Å²) in [6.07, 6.45) is 0.